The van der Waals surface area contributed by atoms with Crippen LogP contribution in [0.5, 0.6) is 0 Å². The first-order valence-corrected chi connectivity index (χ1v) is 7.11. The second kappa shape index (κ2) is 4.79. The van der Waals surface area contributed by atoms with Crippen molar-refractivity contribution in [3.05, 3.63) is 0 Å². The Bertz CT molecular complexity index is 50.7. The van der Waals surface area contributed by atoms with Crippen LogP contribution in [0.4, 0.5) is 0 Å². The van der Waals surface area contributed by atoms with Crippen LogP contribution in [0.25, 0.3) is 0 Å². The Balaban J connectivity index is 2.93. The SMILES string of the molecule is [CH2]=[U]=[CH]CC. The molecule has 0 aromatic rings. The van der Waals surface area contributed by atoms with Crippen molar-refractivity contribution in [2.24, 2.45) is 0 Å². The molecule has 0 unspecified atom stereocenters. The summed E-state index contributed by atoms with van der Waals surface area (Å²) in [7, 11) is 0. The number of hydrogen-bond acceptors (Lipinski definition) is 0. The van der Waals surface area contributed by atoms with Crippen LogP contribution < -0.4 is 0 Å². The molecule has 0 rings (SSSR count). The van der Waals surface area contributed by atoms with Crippen molar-refractivity contribution in [2.45, 2.75) is 13.3 Å². The number of hydrogen-bond donors (Lipinski definition) is 0. The molecular weight excluding hydrogens is 286 g/mol. The molecule has 0 aromatic carbocycles. The van der Waals surface area contributed by atoms with Gasteiger partial charge in [-0.2, -0.15) is 0 Å². The normalized spacial score (nSPS) is 5.80. The number of rotatable bonds is 1. The van der Waals surface area contributed by atoms with Crippen LogP contribution in [0, 0.1) is 26.7 Å². The molecule has 0 aliphatic heterocycles. The van der Waals surface area contributed by atoms with E-state index >= 15 is 0 Å². The Morgan fingerprint density at radius 3 is 2.60 bits per heavy atom. The Hall–Kier alpha value is 0.792. The molecule has 0 bridgehead atoms. The second-order valence-corrected chi connectivity index (χ2v) is 4.22. The first-order chi connectivity index (χ1) is 2.41. The van der Waals surface area contributed by atoms with Crippen molar-refractivity contribution in [1.82, 2.24) is 0 Å². The quantitative estimate of drug-likeness (QED) is 0.668. The topological polar surface area (TPSA) is 0 Å². The summed E-state index contributed by atoms with van der Waals surface area (Å²) in [6.07, 6.45) is 1.25. The van der Waals surface area contributed by atoms with Crippen molar-refractivity contribution in [1.29, 1.82) is 0 Å². The standard InChI is InChI=1S/C3H6.CH2.U/c1-3-2;;/h1H,3H2,2H3;1H2;. The Kier molecular flexibility index (Phi) is 5.55. The van der Waals surface area contributed by atoms with Gasteiger partial charge in [-0.15, -0.1) is 0 Å². The van der Waals surface area contributed by atoms with Crippen LogP contribution in [0.2, 0.25) is 0 Å². The monoisotopic (exact) mass is 294 g/mol. The zero-order chi connectivity index (χ0) is 4.12. The van der Waals surface area contributed by atoms with Crippen LogP contribution in [0.15, 0.2) is 0 Å². The van der Waals surface area contributed by atoms with Gasteiger partial charge in [0.1, 0.15) is 0 Å². The van der Waals surface area contributed by atoms with E-state index in [1.807, 2.05) is 0 Å². The average Bonchev–Trinajstić information content (AvgIpc) is 1.41. The Morgan fingerprint density at radius 2 is 2.60 bits per heavy atom. The first kappa shape index (κ1) is 5.79. The van der Waals surface area contributed by atoms with Crippen LogP contribution in [0.1, 0.15) is 13.3 Å². The van der Waals surface area contributed by atoms with Crippen LogP contribution >= 0.6 is 0 Å². The van der Waals surface area contributed by atoms with Crippen molar-refractivity contribution in [3.63, 3.8) is 0 Å². The van der Waals surface area contributed by atoms with E-state index in [0.717, 1.165) is 0 Å². The fourth-order valence-electron chi connectivity index (χ4n) is 0.144. The summed E-state index contributed by atoms with van der Waals surface area (Å²) in [5.74, 6) is 0. The van der Waals surface area contributed by atoms with Gasteiger partial charge in [-0.3, -0.25) is 0 Å². The third kappa shape index (κ3) is 4.79. The molecule has 0 spiro atoms. The predicted molar refractivity (Wildman–Crippen MR) is 23.5 cm³/mol. The molecule has 0 amide bonds. The van der Waals surface area contributed by atoms with Gasteiger partial charge in [0.15, 0.2) is 0 Å². The molecule has 0 nitrogen and oxygen atoms in total. The molecule has 0 saturated carbocycles. The van der Waals surface area contributed by atoms with E-state index in [-0.39, 0.29) is 0 Å². The molecule has 0 aliphatic rings. The summed E-state index contributed by atoms with van der Waals surface area (Å²) >= 11 is -0.432. The molecule has 28 valence electrons. The van der Waals surface area contributed by atoms with Crippen LogP contribution in [-0.2, 0) is 0 Å². The fourth-order valence-corrected chi connectivity index (χ4v) is 1.35. The first-order valence-electron chi connectivity index (χ1n) is 1.76. The van der Waals surface area contributed by atoms with Gasteiger partial charge in [0.2, 0.25) is 0 Å². The molecule has 0 atom stereocenters. The van der Waals surface area contributed by atoms with Gasteiger partial charge < -0.3 is 0 Å². The van der Waals surface area contributed by atoms with E-state index < -0.39 is 26.7 Å². The molecule has 0 aliphatic carbocycles. The minimum atomic E-state index is -0.432. The molecule has 0 radical (unpaired) electrons. The van der Waals surface area contributed by atoms with Crippen LogP contribution in [0.3, 0.4) is 0 Å². The molecule has 5 heavy (non-hydrogen) atoms. The van der Waals surface area contributed by atoms with Crippen molar-refractivity contribution >= 4 is 6.56 Å². The van der Waals surface area contributed by atoms with Gasteiger partial charge in [-0.25, -0.2) is 0 Å². The average molecular weight is 294 g/mol. The van der Waals surface area contributed by atoms with Crippen molar-refractivity contribution in [3.8, 4) is 0 Å². The van der Waals surface area contributed by atoms with E-state index in [4.69, 9.17) is 0 Å². The van der Waals surface area contributed by atoms with E-state index in [1.165, 1.54) is 6.42 Å². The molecule has 0 N–H and O–H groups in total. The zero-order valence-electron chi connectivity index (χ0n) is 3.49. The third-order valence-electron chi connectivity index (χ3n) is 0.348. The molecule has 0 aromatic heterocycles. The van der Waals surface area contributed by atoms with E-state index in [2.05, 4.69) is 13.5 Å². The molecule has 0 fully saturated rings. The summed E-state index contributed by atoms with van der Waals surface area (Å²) in [6, 6.07) is 0. The van der Waals surface area contributed by atoms with Gasteiger partial charge in [-0.05, 0) is 0 Å². The van der Waals surface area contributed by atoms with Crippen LogP contribution in [-0.4, -0.2) is 6.56 Å². The molecule has 0 heterocycles. The summed E-state index contributed by atoms with van der Waals surface area (Å²) in [4.78, 5) is 0. The van der Waals surface area contributed by atoms with Crippen molar-refractivity contribution < 1.29 is 26.7 Å². The minimum absolute atomic E-state index is 0.432. The maximum atomic E-state index is 3.83. The van der Waals surface area contributed by atoms with E-state index in [1.54, 1.807) is 0 Å². The molecule has 1 heteroatoms. The summed E-state index contributed by atoms with van der Waals surface area (Å²) in [5.41, 5.74) is 0. The van der Waals surface area contributed by atoms with Gasteiger partial charge >= 0.3 is 46.6 Å². The van der Waals surface area contributed by atoms with Gasteiger partial charge in [0.05, 0.1) is 0 Å². The Morgan fingerprint density at radius 1 is 2.00 bits per heavy atom. The zero-order valence-corrected chi connectivity index (χ0v) is 7.66. The third-order valence-corrected chi connectivity index (χ3v) is 3.25. The molecular formula is C4H8U. The summed E-state index contributed by atoms with van der Waals surface area (Å²) < 4.78 is 6.18. The maximum absolute atomic E-state index is 3.83. The summed E-state index contributed by atoms with van der Waals surface area (Å²) in [5, 5.41) is 0. The van der Waals surface area contributed by atoms with E-state index in [0.29, 0.717) is 0 Å². The second-order valence-electron chi connectivity index (χ2n) is 0.816. The van der Waals surface area contributed by atoms with Gasteiger partial charge in [-0.1, -0.05) is 0 Å². The van der Waals surface area contributed by atoms with E-state index in [9.17, 15) is 0 Å². The summed E-state index contributed by atoms with van der Waals surface area (Å²) in [6.45, 7) is 2.17. The fraction of sp³-hybridized carbons (Fsp3) is 0.500. The van der Waals surface area contributed by atoms with Crippen molar-refractivity contribution in [2.75, 3.05) is 0 Å². The predicted octanol–water partition coefficient (Wildman–Crippen LogP) is 0.716. The molecule has 0 saturated heterocycles. The van der Waals surface area contributed by atoms with Gasteiger partial charge in [0.25, 0.3) is 0 Å². The Labute approximate surface area is 46.5 Å². The van der Waals surface area contributed by atoms with Gasteiger partial charge in [0, 0.05) is 0 Å².